The third-order valence-corrected chi connectivity index (χ3v) is 7.36. The molecule has 1 fully saturated rings. The van der Waals surface area contributed by atoms with Crippen LogP contribution in [0.5, 0.6) is 11.5 Å². The summed E-state index contributed by atoms with van der Waals surface area (Å²) in [6, 6.07) is 15.4. The number of amides is 2. The van der Waals surface area contributed by atoms with E-state index in [0.717, 1.165) is 22.2 Å². The van der Waals surface area contributed by atoms with Gasteiger partial charge >= 0.3 is 0 Å². The second-order valence-corrected chi connectivity index (χ2v) is 10.0. The molecular weight excluding hydrogens is 552 g/mol. The molecule has 0 spiro atoms. The number of ether oxygens (including phenoxy) is 2. The lowest BCUT2D eigenvalue weighted by molar-refractivity contribution is -0.123. The van der Waals surface area contributed by atoms with Crippen molar-refractivity contribution in [1.82, 2.24) is 4.90 Å². The Labute approximate surface area is 226 Å². The van der Waals surface area contributed by atoms with Gasteiger partial charge < -0.3 is 9.47 Å². The number of thioether (sulfide) groups is 1. The standard InChI is InChI=1S/C25H17Cl4NO4S/c1-33-21-7-2-4-14(23(21)34-13-15-8-9-16(26)11-20(15)29)10-22-24(31)30(25(32)35-22)12-17-18(27)5-3-6-19(17)28/h2-11H,12-13H2,1H3/b22-10+. The van der Waals surface area contributed by atoms with Gasteiger partial charge in [-0.25, -0.2) is 0 Å². The van der Waals surface area contributed by atoms with Crippen molar-refractivity contribution in [1.29, 1.82) is 0 Å². The van der Waals surface area contributed by atoms with Gasteiger partial charge in [-0.15, -0.1) is 0 Å². The minimum Gasteiger partial charge on any atom is -0.493 e. The van der Waals surface area contributed by atoms with Crippen molar-refractivity contribution in [3.05, 3.63) is 96.3 Å². The minimum absolute atomic E-state index is 0.0307. The molecule has 180 valence electrons. The molecule has 1 aliphatic heterocycles. The van der Waals surface area contributed by atoms with Gasteiger partial charge in [-0.2, -0.15) is 0 Å². The molecule has 10 heteroatoms. The Morgan fingerprint density at radius 2 is 1.66 bits per heavy atom. The molecule has 35 heavy (non-hydrogen) atoms. The molecule has 3 aromatic carbocycles. The Hall–Kier alpha value is -2.35. The monoisotopic (exact) mass is 567 g/mol. The van der Waals surface area contributed by atoms with Gasteiger partial charge in [-0.05, 0) is 48.2 Å². The van der Waals surface area contributed by atoms with E-state index in [2.05, 4.69) is 0 Å². The van der Waals surface area contributed by atoms with Gasteiger partial charge in [0.1, 0.15) is 6.61 Å². The number of nitrogens with zero attached hydrogens (tertiary/aromatic N) is 1. The average Bonchev–Trinajstić information content (AvgIpc) is 3.08. The third-order valence-electron chi connectivity index (χ3n) is 5.15. The zero-order valence-electron chi connectivity index (χ0n) is 18.2. The van der Waals surface area contributed by atoms with Gasteiger partial charge in [-0.1, -0.05) is 70.7 Å². The number of benzene rings is 3. The van der Waals surface area contributed by atoms with Crippen LogP contribution in [0.15, 0.2) is 59.5 Å². The Morgan fingerprint density at radius 1 is 0.943 bits per heavy atom. The zero-order valence-corrected chi connectivity index (χ0v) is 22.0. The Balaban J connectivity index is 1.61. The number of imide groups is 1. The lowest BCUT2D eigenvalue weighted by Gasteiger charge is -2.15. The highest BCUT2D eigenvalue weighted by molar-refractivity contribution is 8.18. The summed E-state index contributed by atoms with van der Waals surface area (Å²) in [4.78, 5) is 27.1. The summed E-state index contributed by atoms with van der Waals surface area (Å²) in [6.07, 6.45) is 1.60. The summed E-state index contributed by atoms with van der Waals surface area (Å²) in [6.45, 7) is 0.112. The summed E-state index contributed by atoms with van der Waals surface area (Å²) in [7, 11) is 1.52. The van der Waals surface area contributed by atoms with Crippen molar-refractivity contribution in [2.45, 2.75) is 13.2 Å². The van der Waals surface area contributed by atoms with Crippen molar-refractivity contribution >= 4 is 75.4 Å². The lowest BCUT2D eigenvalue weighted by Crippen LogP contribution is -2.27. The van der Waals surface area contributed by atoms with Gasteiger partial charge in [0.2, 0.25) is 0 Å². The number of carbonyl (C=O) groups is 2. The highest BCUT2D eigenvalue weighted by atomic mass is 35.5. The van der Waals surface area contributed by atoms with Gasteiger partial charge in [-0.3, -0.25) is 14.5 Å². The van der Waals surface area contributed by atoms with Crippen LogP contribution >= 0.6 is 58.2 Å². The number of hydrogen-bond donors (Lipinski definition) is 0. The van der Waals surface area contributed by atoms with Crippen molar-refractivity contribution in [2.75, 3.05) is 7.11 Å². The molecule has 0 atom stereocenters. The van der Waals surface area contributed by atoms with E-state index in [1.165, 1.54) is 7.11 Å². The second kappa shape index (κ2) is 11.1. The van der Waals surface area contributed by atoms with Crippen molar-refractivity contribution < 1.29 is 19.1 Å². The molecule has 1 saturated heterocycles. The fourth-order valence-corrected chi connectivity index (χ4v) is 5.18. The Morgan fingerprint density at radius 3 is 2.34 bits per heavy atom. The van der Waals surface area contributed by atoms with Crippen LogP contribution in [0.25, 0.3) is 6.08 Å². The summed E-state index contributed by atoms with van der Waals surface area (Å²) in [5.74, 6) is 0.415. The topological polar surface area (TPSA) is 55.8 Å². The van der Waals surface area contributed by atoms with Gasteiger partial charge in [0.05, 0.1) is 18.6 Å². The van der Waals surface area contributed by atoms with E-state index in [9.17, 15) is 9.59 Å². The number of carbonyl (C=O) groups excluding carboxylic acids is 2. The lowest BCUT2D eigenvalue weighted by atomic mass is 10.1. The van der Waals surface area contributed by atoms with E-state index in [0.29, 0.717) is 42.7 Å². The average molecular weight is 569 g/mol. The second-order valence-electron chi connectivity index (χ2n) is 7.37. The van der Waals surface area contributed by atoms with Crippen molar-refractivity contribution in [3.63, 3.8) is 0 Å². The summed E-state index contributed by atoms with van der Waals surface area (Å²) >= 11 is 25.5. The molecule has 0 radical (unpaired) electrons. The molecule has 0 unspecified atom stereocenters. The van der Waals surface area contributed by atoms with Crippen molar-refractivity contribution in [3.8, 4) is 11.5 Å². The van der Waals surface area contributed by atoms with Crippen LogP contribution in [-0.2, 0) is 17.9 Å². The highest BCUT2D eigenvalue weighted by Crippen LogP contribution is 2.39. The molecule has 0 aliphatic carbocycles. The first-order chi connectivity index (χ1) is 16.8. The maximum absolute atomic E-state index is 13.1. The van der Waals surface area contributed by atoms with Crippen LogP contribution in [0.2, 0.25) is 20.1 Å². The van der Waals surface area contributed by atoms with Crippen LogP contribution in [0.4, 0.5) is 4.79 Å². The van der Waals surface area contributed by atoms with E-state index >= 15 is 0 Å². The first-order valence-corrected chi connectivity index (χ1v) is 12.5. The normalized spacial score (nSPS) is 14.7. The summed E-state index contributed by atoms with van der Waals surface area (Å²) < 4.78 is 11.5. The van der Waals surface area contributed by atoms with Crippen LogP contribution in [0.1, 0.15) is 16.7 Å². The SMILES string of the molecule is COc1cccc(/C=C2/SC(=O)N(Cc3c(Cl)cccc3Cl)C2=O)c1OCc1ccc(Cl)cc1Cl. The number of para-hydroxylation sites is 1. The smallest absolute Gasteiger partial charge is 0.293 e. The number of methoxy groups -OCH3 is 1. The Bertz CT molecular complexity index is 1320. The highest BCUT2D eigenvalue weighted by Gasteiger charge is 2.36. The largest absolute Gasteiger partial charge is 0.493 e. The molecule has 0 saturated carbocycles. The first-order valence-electron chi connectivity index (χ1n) is 10.2. The molecule has 5 nitrogen and oxygen atoms in total. The molecule has 2 amide bonds. The van der Waals surface area contributed by atoms with E-state index in [1.54, 1.807) is 60.7 Å². The van der Waals surface area contributed by atoms with Gasteiger partial charge in [0.15, 0.2) is 11.5 Å². The minimum atomic E-state index is -0.453. The fourth-order valence-electron chi connectivity index (χ4n) is 3.37. The molecular formula is C25H17Cl4NO4S. The molecule has 3 aromatic rings. The molecule has 4 rings (SSSR count). The third kappa shape index (κ3) is 5.74. The summed E-state index contributed by atoms with van der Waals surface area (Å²) in [5, 5.41) is 1.32. The van der Waals surface area contributed by atoms with Crippen LogP contribution in [0.3, 0.4) is 0 Å². The van der Waals surface area contributed by atoms with E-state index in [1.807, 2.05) is 0 Å². The maximum atomic E-state index is 13.1. The van der Waals surface area contributed by atoms with Gasteiger partial charge in [0, 0.05) is 36.8 Å². The first kappa shape index (κ1) is 25.7. The molecule has 0 bridgehead atoms. The van der Waals surface area contributed by atoms with Gasteiger partial charge in [0.25, 0.3) is 11.1 Å². The molecule has 1 heterocycles. The van der Waals surface area contributed by atoms with E-state index in [-0.39, 0.29) is 18.1 Å². The quantitative estimate of drug-likeness (QED) is 0.269. The zero-order chi connectivity index (χ0) is 25.1. The number of rotatable bonds is 7. The molecule has 1 aliphatic rings. The van der Waals surface area contributed by atoms with Crippen LogP contribution in [0, 0.1) is 0 Å². The van der Waals surface area contributed by atoms with E-state index in [4.69, 9.17) is 55.9 Å². The van der Waals surface area contributed by atoms with E-state index < -0.39 is 11.1 Å². The fraction of sp³-hybridized carbons (Fsp3) is 0.120. The molecule has 0 aromatic heterocycles. The predicted octanol–water partition coefficient (Wildman–Crippen LogP) is 8.12. The Kier molecular flexibility index (Phi) is 8.19. The summed E-state index contributed by atoms with van der Waals surface area (Å²) in [5.41, 5.74) is 1.80. The maximum Gasteiger partial charge on any atom is 0.293 e. The number of halogens is 4. The van der Waals surface area contributed by atoms with Crippen molar-refractivity contribution in [2.24, 2.45) is 0 Å². The van der Waals surface area contributed by atoms with Crippen LogP contribution < -0.4 is 9.47 Å². The predicted molar refractivity (Wildman–Crippen MR) is 142 cm³/mol. The molecule has 0 N–H and O–H groups in total. The van der Waals surface area contributed by atoms with Crippen LogP contribution in [-0.4, -0.2) is 23.2 Å². The number of hydrogen-bond acceptors (Lipinski definition) is 5.